The number of imidazole rings is 1. The molecule has 7 heteroatoms. The number of anilines is 1. The second kappa shape index (κ2) is 4.63. The van der Waals surface area contributed by atoms with Crippen molar-refractivity contribution in [2.45, 2.75) is 10.8 Å². The Morgan fingerprint density at radius 2 is 2.40 bits per heavy atom. The molecule has 0 saturated carbocycles. The summed E-state index contributed by atoms with van der Waals surface area (Å²) in [7, 11) is 2.00. The predicted molar refractivity (Wildman–Crippen MR) is 62.0 cm³/mol. The summed E-state index contributed by atoms with van der Waals surface area (Å²) in [5.41, 5.74) is 5.48. The molecule has 2 heterocycles. The van der Waals surface area contributed by atoms with Crippen LogP contribution in [0.1, 0.15) is 5.82 Å². The van der Waals surface area contributed by atoms with Crippen molar-refractivity contribution >= 4 is 28.2 Å². The third-order valence-electron chi connectivity index (χ3n) is 1.89. The van der Waals surface area contributed by atoms with E-state index < -0.39 is 0 Å². The Morgan fingerprint density at radius 1 is 1.53 bits per heavy atom. The molecule has 0 spiro atoms. The molecule has 0 aromatic carbocycles. The van der Waals surface area contributed by atoms with E-state index in [0.29, 0.717) is 5.13 Å². The number of rotatable bonds is 4. The first kappa shape index (κ1) is 10.4. The summed E-state index contributed by atoms with van der Waals surface area (Å²) in [6, 6.07) is 0. The number of aryl methyl sites for hydroxylation is 2. The SMILES string of the molecule is Cn1ccnc1CCSc1nnc(N)s1. The fourth-order valence-corrected chi connectivity index (χ4v) is 2.79. The molecule has 2 N–H and O–H groups in total. The molecule has 0 amide bonds. The third-order valence-corrected chi connectivity index (χ3v) is 3.78. The van der Waals surface area contributed by atoms with Crippen LogP contribution in [0.15, 0.2) is 16.7 Å². The average molecular weight is 241 g/mol. The highest BCUT2D eigenvalue weighted by atomic mass is 32.2. The van der Waals surface area contributed by atoms with Crippen LogP contribution in [-0.4, -0.2) is 25.5 Å². The van der Waals surface area contributed by atoms with Crippen molar-refractivity contribution in [1.82, 2.24) is 19.7 Å². The lowest BCUT2D eigenvalue weighted by atomic mass is 10.4. The Hall–Kier alpha value is -1.08. The van der Waals surface area contributed by atoms with Gasteiger partial charge in [-0.2, -0.15) is 0 Å². The summed E-state index contributed by atoms with van der Waals surface area (Å²) >= 11 is 3.08. The lowest BCUT2D eigenvalue weighted by molar-refractivity contribution is 0.811. The molecule has 0 fully saturated rings. The molecule has 2 rings (SSSR count). The summed E-state index contributed by atoms with van der Waals surface area (Å²) in [5, 5.41) is 8.21. The summed E-state index contributed by atoms with van der Waals surface area (Å²) in [6.07, 6.45) is 4.68. The topological polar surface area (TPSA) is 69.6 Å². The zero-order valence-electron chi connectivity index (χ0n) is 8.25. The first-order chi connectivity index (χ1) is 7.25. The highest BCUT2D eigenvalue weighted by molar-refractivity contribution is 8.01. The fraction of sp³-hybridized carbons (Fsp3) is 0.375. The number of aromatic nitrogens is 4. The molecule has 5 nitrogen and oxygen atoms in total. The van der Waals surface area contributed by atoms with E-state index in [1.807, 2.05) is 24.0 Å². The summed E-state index contributed by atoms with van der Waals surface area (Å²) in [6.45, 7) is 0. The molecule has 0 aliphatic carbocycles. The molecule has 0 saturated heterocycles. The molecule has 80 valence electrons. The number of nitrogen functional groups attached to an aromatic ring is 1. The molecule has 2 aromatic rings. The van der Waals surface area contributed by atoms with E-state index in [2.05, 4.69) is 15.2 Å². The van der Waals surface area contributed by atoms with Crippen molar-refractivity contribution in [1.29, 1.82) is 0 Å². The number of nitrogens with zero attached hydrogens (tertiary/aromatic N) is 4. The second-order valence-corrected chi connectivity index (χ2v) is 5.31. The van der Waals surface area contributed by atoms with E-state index in [1.54, 1.807) is 11.8 Å². The van der Waals surface area contributed by atoms with Gasteiger partial charge in [0, 0.05) is 31.6 Å². The quantitative estimate of drug-likeness (QED) is 0.814. The van der Waals surface area contributed by atoms with Gasteiger partial charge in [-0.25, -0.2) is 4.98 Å². The van der Waals surface area contributed by atoms with E-state index in [1.165, 1.54) is 11.3 Å². The van der Waals surface area contributed by atoms with Gasteiger partial charge < -0.3 is 10.3 Å². The van der Waals surface area contributed by atoms with Crippen LogP contribution in [0.2, 0.25) is 0 Å². The Labute approximate surface area is 95.7 Å². The maximum absolute atomic E-state index is 5.48. The molecular weight excluding hydrogens is 230 g/mol. The predicted octanol–water partition coefficient (Wildman–Crippen LogP) is 1.19. The largest absolute Gasteiger partial charge is 0.374 e. The van der Waals surface area contributed by atoms with E-state index in [4.69, 9.17) is 5.73 Å². The van der Waals surface area contributed by atoms with Crippen molar-refractivity contribution in [3.8, 4) is 0 Å². The van der Waals surface area contributed by atoms with Gasteiger partial charge in [0.15, 0.2) is 4.34 Å². The molecule has 0 radical (unpaired) electrons. The Morgan fingerprint density at radius 3 is 3.00 bits per heavy atom. The highest BCUT2D eigenvalue weighted by Crippen LogP contribution is 2.23. The summed E-state index contributed by atoms with van der Waals surface area (Å²) < 4.78 is 2.94. The van der Waals surface area contributed by atoms with Crippen LogP contribution in [0.25, 0.3) is 0 Å². The zero-order valence-corrected chi connectivity index (χ0v) is 9.88. The van der Waals surface area contributed by atoms with Gasteiger partial charge in [-0.05, 0) is 0 Å². The summed E-state index contributed by atoms with van der Waals surface area (Å²) in [4.78, 5) is 4.24. The van der Waals surface area contributed by atoms with Crippen molar-refractivity contribution in [3.05, 3.63) is 18.2 Å². The fourth-order valence-electron chi connectivity index (χ4n) is 1.15. The second-order valence-electron chi connectivity index (χ2n) is 2.96. The van der Waals surface area contributed by atoms with Crippen LogP contribution in [0.3, 0.4) is 0 Å². The van der Waals surface area contributed by atoms with Gasteiger partial charge in [-0.3, -0.25) is 0 Å². The number of hydrogen-bond donors (Lipinski definition) is 1. The maximum Gasteiger partial charge on any atom is 0.203 e. The van der Waals surface area contributed by atoms with Crippen molar-refractivity contribution < 1.29 is 0 Å². The zero-order chi connectivity index (χ0) is 10.7. The van der Waals surface area contributed by atoms with E-state index >= 15 is 0 Å². The van der Waals surface area contributed by atoms with E-state index in [-0.39, 0.29) is 0 Å². The first-order valence-corrected chi connectivity index (χ1v) is 6.24. The Kier molecular flexibility index (Phi) is 3.22. The summed E-state index contributed by atoms with van der Waals surface area (Å²) in [5.74, 6) is 2.03. The normalized spacial score (nSPS) is 10.7. The lowest BCUT2D eigenvalue weighted by Crippen LogP contribution is -1.98. The van der Waals surface area contributed by atoms with E-state index in [0.717, 1.165) is 22.3 Å². The molecule has 2 aromatic heterocycles. The van der Waals surface area contributed by atoms with Gasteiger partial charge in [0.2, 0.25) is 5.13 Å². The van der Waals surface area contributed by atoms with Crippen LogP contribution < -0.4 is 5.73 Å². The van der Waals surface area contributed by atoms with Crippen LogP contribution in [-0.2, 0) is 13.5 Å². The smallest absolute Gasteiger partial charge is 0.203 e. The van der Waals surface area contributed by atoms with Gasteiger partial charge in [0.1, 0.15) is 5.82 Å². The van der Waals surface area contributed by atoms with Gasteiger partial charge >= 0.3 is 0 Å². The van der Waals surface area contributed by atoms with Gasteiger partial charge in [-0.1, -0.05) is 23.1 Å². The van der Waals surface area contributed by atoms with Gasteiger partial charge in [-0.15, -0.1) is 10.2 Å². The Bertz CT molecular complexity index is 436. The molecule has 0 unspecified atom stereocenters. The van der Waals surface area contributed by atoms with Crippen LogP contribution in [0, 0.1) is 0 Å². The van der Waals surface area contributed by atoms with Crippen LogP contribution in [0.5, 0.6) is 0 Å². The number of hydrogen-bond acceptors (Lipinski definition) is 6. The standard InChI is InChI=1S/C8H11N5S2/c1-13-4-3-10-6(13)2-5-14-8-12-11-7(9)15-8/h3-4H,2,5H2,1H3,(H2,9,11). The third kappa shape index (κ3) is 2.69. The Balaban J connectivity index is 1.83. The monoisotopic (exact) mass is 241 g/mol. The molecule has 15 heavy (non-hydrogen) atoms. The van der Waals surface area contributed by atoms with Crippen molar-refractivity contribution in [2.75, 3.05) is 11.5 Å². The van der Waals surface area contributed by atoms with Gasteiger partial charge in [0.05, 0.1) is 0 Å². The molecule has 0 aliphatic rings. The minimum Gasteiger partial charge on any atom is -0.374 e. The minimum absolute atomic E-state index is 0.523. The van der Waals surface area contributed by atoms with Gasteiger partial charge in [0.25, 0.3) is 0 Å². The number of nitrogens with two attached hydrogens (primary N) is 1. The average Bonchev–Trinajstić information content (AvgIpc) is 2.77. The molecule has 0 aliphatic heterocycles. The lowest BCUT2D eigenvalue weighted by Gasteiger charge is -1.99. The van der Waals surface area contributed by atoms with Crippen LogP contribution >= 0.6 is 23.1 Å². The maximum atomic E-state index is 5.48. The molecule has 0 atom stereocenters. The minimum atomic E-state index is 0.523. The molecule has 0 bridgehead atoms. The van der Waals surface area contributed by atoms with Crippen molar-refractivity contribution in [2.24, 2.45) is 7.05 Å². The highest BCUT2D eigenvalue weighted by Gasteiger charge is 2.03. The number of thioether (sulfide) groups is 1. The molecular formula is C8H11N5S2. The first-order valence-electron chi connectivity index (χ1n) is 4.43. The van der Waals surface area contributed by atoms with Crippen LogP contribution in [0.4, 0.5) is 5.13 Å². The van der Waals surface area contributed by atoms with E-state index in [9.17, 15) is 0 Å². The van der Waals surface area contributed by atoms with Crippen molar-refractivity contribution in [3.63, 3.8) is 0 Å².